The predicted molar refractivity (Wildman–Crippen MR) is 173 cm³/mol. The minimum Gasteiger partial charge on any atom is -0.495 e. The Morgan fingerprint density at radius 2 is 1.63 bits per heavy atom. The predicted octanol–water partition coefficient (Wildman–Crippen LogP) is 5.51. The summed E-state index contributed by atoms with van der Waals surface area (Å²) >= 11 is 0. The van der Waals surface area contributed by atoms with Crippen LogP contribution in [0.1, 0.15) is 51.8 Å². The van der Waals surface area contributed by atoms with E-state index in [0.717, 1.165) is 11.3 Å². The number of carboxylic acid groups (broad SMARTS) is 1. The van der Waals surface area contributed by atoms with Crippen LogP contribution in [0.15, 0.2) is 77.3 Å². The molecule has 12 nitrogen and oxygen atoms in total. The molecule has 1 heterocycles. The Morgan fingerprint density at radius 3 is 2.28 bits per heavy atom. The van der Waals surface area contributed by atoms with Crippen molar-refractivity contribution < 1.29 is 33.5 Å². The summed E-state index contributed by atoms with van der Waals surface area (Å²) in [6.07, 6.45) is -0.124. The second-order valence-electron chi connectivity index (χ2n) is 10.8. The van der Waals surface area contributed by atoms with Crippen LogP contribution in [-0.4, -0.2) is 55.3 Å². The molecule has 4 rings (SSSR count). The number of aliphatic carboxylic acids is 1. The van der Waals surface area contributed by atoms with Gasteiger partial charge in [-0.2, -0.15) is 0 Å². The number of amides is 4. The Balaban J connectivity index is 1.51. The summed E-state index contributed by atoms with van der Waals surface area (Å²) in [7, 11) is 4.78. The number of hydrogen-bond acceptors (Lipinski definition) is 7. The molecule has 0 aliphatic rings. The van der Waals surface area contributed by atoms with Crippen molar-refractivity contribution in [3.8, 4) is 5.75 Å². The van der Waals surface area contributed by atoms with Gasteiger partial charge in [0.25, 0.3) is 5.91 Å². The number of ether oxygens (including phenoxy) is 1. The van der Waals surface area contributed by atoms with E-state index >= 15 is 0 Å². The molecule has 1 aromatic heterocycles. The number of anilines is 3. The molecule has 46 heavy (non-hydrogen) atoms. The fourth-order valence-electron chi connectivity index (χ4n) is 4.99. The van der Waals surface area contributed by atoms with Crippen molar-refractivity contribution in [1.29, 1.82) is 0 Å². The lowest BCUT2D eigenvalue weighted by atomic mass is 9.98. The van der Waals surface area contributed by atoms with E-state index < -0.39 is 17.9 Å². The number of para-hydroxylation sites is 2. The SMILES string of the molecule is COc1cc(CC(=O)N(C)c2ccccc2C(CCC(=O)O)NC(=O)c2cc(C)on2)ccc1NC(=O)N(C)c1ccccc1C. The van der Waals surface area contributed by atoms with E-state index in [1.54, 1.807) is 63.5 Å². The van der Waals surface area contributed by atoms with Crippen LogP contribution in [0, 0.1) is 13.8 Å². The molecule has 3 aromatic carbocycles. The van der Waals surface area contributed by atoms with Crippen molar-refractivity contribution in [3.05, 3.63) is 101 Å². The van der Waals surface area contributed by atoms with Gasteiger partial charge in [0.05, 0.1) is 25.3 Å². The Morgan fingerprint density at radius 1 is 0.935 bits per heavy atom. The summed E-state index contributed by atoms with van der Waals surface area (Å²) < 4.78 is 10.5. The molecule has 0 spiro atoms. The first kappa shape index (κ1) is 33.2. The Bertz CT molecular complexity index is 1730. The fourth-order valence-corrected chi connectivity index (χ4v) is 4.99. The van der Waals surface area contributed by atoms with Crippen LogP contribution in [0.25, 0.3) is 0 Å². The van der Waals surface area contributed by atoms with Gasteiger partial charge >= 0.3 is 12.0 Å². The Labute approximate surface area is 266 Å². The maximum atomic E-state index is 13.5. The highest BCUT2D eigenvalue weighted by Gasteiger charge is 2.25. The molecule has 0 radical (unpaired) electrons. The topological polar surface area (TPSA) is 154 Å². The Hall–Kier alpha value is -5.65. The van der Waals surface area contributed by atoms with E-state index in [4.69, 9.17) is 9.26 Å². The molecule has 12 heteroatoms. The van der Waals surface area contributed by atoms with Gasteiger partial charge in [-0.15, -0.1) is 0 Å². The molecule has 4 amide bonds. The van der Waals surface area contributed by atoms with Crippen molar-refractivity contribution in [3.63, 3.8) is 0 Å². The molecule has 0 aliphatic heterocycles. The van der Waals surface area contributed by atoms with Gasteiger partial charge in [0.15, 0.2) is 5.69 Å². The highest BCUT2D eigenvalue weighted by atomic mass is 16.5. The van der Waals surface area contributed by atoms with Crippen LogP contribution in [0.4, 0.5) is 21.9 Å². The zero-order valence-electron chi connectivity index (χ0n) is 26.4. The average molecular weight is 628 g/mol. The van der Waals surface area contributed by atoms with Gasteiger partial charge in [0.2, 0.25) is 5.91 Å². The monoisotopic (exact) mass is 627 g/mol. The van der Waals surface area contributed by atoms with Crippen molar-refractivity contribution in [2.24, 2.45) is 0 Å². The van der Waals surface area contributed by atoms with E-state index in [0.29, 0.717) is 34.0 Å². The number of nitrogens with one attached hydrogen (secondary N) is 2. The number of carbonyl (C=O) groups is 4. The van der Waals surface area contributed by atoms with Crippen LogP contribution in [-0.2, 0) is 16.0 Å². The van der Waals surface area contributed by atoms with Gasteiger partial charge in [-0.3, -0.25) is 19.3 Å². The summed E-state index contributed by atoms with van der Waals surface area (Å²) in [5, 5.41) is 18.8. The van der Waals surface area contributed by atoms with Crippen LogP contribution < -0.4 is 25.2 Å². The molecule has 3 N–H and O–H groups in total. The lowest BCUT2D eigenvalue weighted by molar-refractivity contribution is -0.137. The first-order chi connectivity index (χ1) is 22.0. The molecule has 0 aliphatic carbocycles. The molecule has 1 atom stereocenters. The maximum Gasteiger partial charge on any atom is 0.326 e. The fraction of sp³-hybridized carbons (Fsp3) is 0.265. The number of aromatic nitrogens is 1. The number of carboxylic acids is 1. The van der Waals surface area contributed by atoms with Gasteiger partial charge in [0.1, 0.15) is 11.5 Å². The number of carbonyl (C=O) groups excluding carboxylic acids is 3. The highest BCUT2D eigenvalue weighted by Crippen LogP contribution is 2.31. The second kappa shape index (κ2) is 14.9. The van der Waals surface area contributed by atoms with E-state index in [2.05, 4.69) is 15.8 Å². The molecular weight excluding hydrogens is 590 g/mol. The zero-order valence-corrected chi connectivity index (χ0v) is 26.4. The van der Waals surface area contributed by atoms with Crippen molar-refractivity contribution in [2.75, 3.05) is 36.3 Å². The van der Waals surface area contributed by atoms with Gasteiger partial charge < -0.3 is 29.9 Å². The maximum absolute atomic E-state index is 13.5. The van der Waals surface area contributed by atoms with Crippen molar-refractivity contribution in [2.45, 2.75) is 39.2 Å². The van der Waals surface area contributed by atoms with E-state index in [-0.39, 0.29) is 36.9 Å². The third kappa shape index (κ3) is 8.08. The average Bonchev–Trinajstić information content (AvgIpc) is 3.49. The normalized spacial score (nSPS) is 11.3. The smallest absolute Gasteiger partial charge is 0.326 e. The number of urea groups is 1. The van der Waals surface area contributed by atoms with Crippen LogP contribution >= 0.6 is 0 Å². The number of likely N-dealkylation sites (N-methyl/N-ethyl adjacent to an activating group) is 1. The van der Waals surface area contributed by atoms with Crippen LogP contribution in [0.3, 0.4) is 0 Å². The molecule has 240 valence electrons. The van der Waals surface area contributed by atoms with E-state index in [1.165, 1.54) is 23.0 Å². The highest BCUT2D eigenvalue weighted by molar-refractivity contribution is 6.03. The molecule has 1 unspecified atom stereocenters. The lowest BCUT2D eigenvalue weighted by Gasteiger charge is -2.26. The molecule has 0 saturated heterocycles. The summed E-state index contributed by atoms with van der Waals surface area (Å²) in [4.78, 5) is 53.9. The number of rotatable bonds is 12. The molecule has 0 saturated carbocycles. The molecular formula is C34H37N5O7. The number of nitrogens with zero attached hydrogens (tertiary/aromatic N) is 3. The summed E-state index contributed by atoms with van der Waals surface area (Å²) in [6.45, 7) is 3.58. The van der Waals surface area contributed by atoms with Crippen molar-refractivity contribution in [1.82, 2.24) is 10.5 Å². The van der Waals surface area contributed by atoms with Gasteiger partial charge in [0, 0.05) is 38.0 Å². The van der Waals surface area contributed by atoms with E-state index in [9.17, 15) is 24.3 Å². The van der Waals surface area contributed by atoms with Crippen LogP contribution in [0.5, 0.6) is 5.75 Å². The third-order valence-electron chi connectivity index (χ3n) is 7.50. The quantitative estimate of drug-likeness (QED) is 0.186. The minimum absolute atomic E-state index is 0.00288. The first-order valence-corrected chi connectivity index (χ1v) is 14.6. The standard InChI is InChI=1S/C34H37N5O7/c1-21-10-6-8-12-28(21)39(4)34(44)36-26-15-14-23(19-30(26)45-5)20-31(40)38(3)29-13-9-7-11-24(29)25(16-17-32(41)42)35-33(43)27-18-22(2)46-37-27/h6-15,18-19,25H,16-17,20H2,1-5H3,(H,35,43)(H,36,44)(H,41,42). The third-order valence-corrected chi connectivity index (χ3v) is 7.50. The number of aryl methyl sites for hydroxylation is 2. The summed E-state index contributed by atoms with van der Waals surface area (Å²) in [6, 6.07) is 20.1. The number of methoxy groups -OCH3 is 1. The number of hydrogen-bond donors (Lipinski definition) is 3. The van der Waals surface area contributed by atoms with Gasteiger partial charge in [-0.05, 0) is 61.2 Å². The van der Waals surface area contributed by atoms with Gasteiger partial charge in [-0.1, -0.05) is 47.6 Å². The second-order valence-corrected chi connectivity index (χ2v) is 10.8. The zero-order chi connectivity index (χ0) is 33.4. The van der Waals surface area contributed by atoms with Gasteiger partial charge in [-0.25, -0.2) is 4.79 Å². The largest absolute Gasteiger partial charge is 0.495 e. The van der Waals surface area contributed by atoms with E-state index in [1.807, 2.05) is 31.2 Å². The molecule has 4 aromatic rings. The minimum atomic E-state index is -1.02. The Kier molecular flexibility index (Phi) is 10.8. The lowest BCUT2D eigenvalue weighted by Crippen LogP contribution is -2.33. The number of benzene rings is 3. The summed E-state index contributed by atoms with van der Waals surface area (Å²) in [5.74, 6) is -0.964. The first-order valence-electron chi connectivity index (χ1n) is 14.6. The van der Waals surface area contributed by atoms with Crippen molar-refractivity contribution >= 4 is 40.9 Å². The molecule has 0 bridgehead atoms. The summed E-state index contributed by atoms with van der Waals surface area (Å²) in [5.41, 5.74) is 3.96. The molecule has 0 fully saturated rings. The van der Waals surface area contributed by atoms with Crippen LogP contribution in [0.2, 0.25) is 0 Å².